The van der Waals surface area contributed by atoms with Gasteiger partial charge in [0.15, 0.2) is 11.5 Å². The molecule has 5 nitrogen and oxygen atoms in total. The van der Waals surface area contributed by atoms with Crippen molar-refractivity contribution in [3.8, 4) is 11.5 Å². The average Bonchev–Trinajstić information content (AvgIpc) is 3.07. The third-order valence-corrected chi connectivity index (χ3v) is 5.72. The van der Waals surface area contributed by atoms with Crippen molar-refractivity contribution in [2.75, 3.05) is 7.11 Å². The summed E-state index contributed by atoms with van der Waals surface area (Å²) in [6.07, 6.45) is 4.67. The van der Waals surface area contributed by atoms with Crippen molar-refractivity contribution in [1.82, 2.24) is 10.3 Å². The van der Waals surface area contributed by atoms with Gasteiger partial charge in [-0.2, -0.15) is 0 Å². The predicted octanol–water partition coefficient (Wildman–Crippen LogP) is 4.35. The summed E-state index contributed by atoms with van der Waals surface area (Å²) >= 11 is 1.60. The van der Waals surface area contributed by atoms with Crippen LogP contribution in [0.25, 0.3) is 0 Å². The lowest BCUT2D eigenvalue weighted by atomic mass is 9.86. The molecule has 0 radical (unpaired) electrons. The molecule has 1 saturated carbocycles. The summed E-state index contributed by atoms with van der Waals surface area (Å²) in [6, 6.07) is 5.57. The minimum absolute atomic E-state index is 0.0521. The van der Waals surface area contributed by atoms with Gasteiger partial charge in [-0.15, -0.1) is 11.3 Å². The first-order chi connectivity index (χ1) is 12.6. The number of carbonyl (C=O) groups excluding carboxylic acids is 1. The second kappa shape index (κ2) is 8.54. The SMILES string of the molecule is COc1cc(C(=O)N[C@@H]2CCCC[C@@H]2C)ccc1OCc1csc(C)n1. The Morgan fingerprint density at radius 1 is 1.31 bits per heavy atom. The van der Waals surface area contributed by atoms with Gasteiger partial charge >= 0.3 is 0 Å². The topological polar surface area (TPSA) is 60.5 Å². The fourth-order valence-corrected chi connectivity index (χ4v) is 3.93. The molecule has 1 aliphatic carbocycles. The number of hydrogen-bond acceptors (Lipinski definition) is 5. The molecule has 0 aliphatic heterocycles. The Bertz CT molecular complexity index is 759. The van der Waals surface area contributed by atoms with Gasteiger partial charge < -0.3 is 14.8 Å². The van der Waals surface area contributed by atoms with Gasteiger partial charge in [-0.1, -0.05) is 19.8 Å². The van der Waals surface area contributed by atoms with Crippen LogP contribution in [-0.2, 0) is 6.61 Å². The lowest BCUT2D eigenvalue weighted by Crippen LogP contribution is -2.41. The van der Waals surface area contributed by atoms with Crippen LogP contribution in [0, 0.1) is 12.8 Å². The number of ether oxygens (including phenoxy) is 2. The van der Waals surface area contributed by atoms with Gasteiger partial charge in [0.25, 0.3) is 5.91 Å². The molecule has 1 aromatic carbocycles. The highest BCUT2D eigenvalue weighted by molar-refractivity contribution is 7.09. The summed E-state index contributed by atoms with van der Waals surface area (Å²) in [6.45, 7) is 4.56. The van der Waals surface area contributed by atoms with Crippen LogP contribution in [-0.4, -0.2) is 24.0 Å². The van der Waals surface area contributed by atoms with Crippen molar-refractivity contribution in [2.24, 2.45) is 5.92 Å². The van der Waals surface area contributed by atoms with Crippen molar-refractivity contribution in [3.63, 3.8) is 0 Å². The minimum Gasteiger partial charge on any atom is -0.493 e. The molecule has 1 N–H and O–H groups in total. The number of nitrogens with one attached hydrogen (secondary N) is 1. The number of aryl methyl sites for hydroxylation is 1. The van der Waals surface area contributed by atoms with Gasteiger partial charge in [0.05, 0.1) is 17.8 Å². The highest BCUT2D eigenvalue weighted by Gasteiger charge is 2.23. The van der Waals surface area contributed by atoms with E-state index in [1.54, 1.807) is 36.6 Å². The summed E-state index contributed by atoms with van der Waals surface area (Å²) in [7, 11) is 1.58. The number of nitrogens with zero attached hydrogens (tertiary/aromatic N) is 1. The number of aromatic nitrogens is 1. The highest BCUT2D eigenvalue weighted by atomic mass is 32.1. The average molecular weight is 375 g/mol. The molecule has 0 spiro atoms. The Morgan fingerprint density at radius 3 is 2.81 bits per heavy atom. The molecular weight excluding hydrogens is 348 g/mol. The van der Waals surface area contributed by atoms with Gasteiger partial charge in [0, 0.05) is 17.0 Å². The maximum absolute atomic E-state index is 12.6. The first kappa shape index (κ1) is 18.7. The molecule has 0 bridgehead atoms. The van der Waals surface area contributed by atoms with Crippen LogP contribution >= 0.6 is 11.3 Å². The van der Waals surface area contributed by atoms with Crippen LogP contribution in [0.1, 0.15) is 53.7 Å². The zero-order chi connectivity index (χ0) is 18.5. The van der Waals surface area contributed by atoms with Crippen LogP contribution < -0.4 is 14.8 Å². The van der Waals surface area contributed by atoms with E-state index in [1.807, 2.05) is 12.3 Å². The molecule has 26 heavy (non-hydrogen) atoms. The monoisotopic (exact) mass is 374 g/mol. The Kier molecular flexibility index (Phi) is 6.14. The first-order valence-electron chi connectivity index (χ1n) is 9.09. The van der Waals surface area contributed by atoms with E-state index in [9.17, 15) is 4.79 Å². The number of methoxy groups -OCH3 is 1. The first-order valence-corrected chi connectivity index (χ1v) is 9.97. The molecular formula is C20H26N2O3S. The molecule has 3 rings (SSSR count). The molecule has 1 aromatic heterocycles. The second-order valence-electron chi connectivity index (χ2n) is 6.85. The lowest BCUT2D eigenvalue weighted by Gasteiger charge is -2.29. The molecule has 6 heteroatoms. The van der Waals surface area contributed by atoms with Crippen molar-refractivity contribution >= 4 is 17.2 Å². The zero-order valence-corrected chi connectivity index (χ0v) is 16.4. The number of rotatable bonds is 6. The molecule has 1 heterocycles. The number of amides is 1. The van der Waals surface area contributed by atoms with Gasteiger partial charge in [0.2, 0.25) is 0 Å². The summed E-state index contributed by atoms with van der Waals surface area (Å²) in [4.78, 5) is 17.0. The Balaban J connectivity index is 1.66. The van der Waals surface area contributed by atoms with Gasteiger partial charge in [-0.05, 0) is 43.9 Å². The minimum atomic E-state index is -0.0521. The maximum Gasteiger partial charge on any atom is 0.251 e. The van der Waals surface area contributed by atoms with Crippen LogP contribution in [0.5, 0.6) is 11.5 Å². The van der Waals surface area contributed by atoms with E-state index in [2.05, 4.69) is 17.2 Å². The quantitative estimate of drug-likeness (QED) is 0.817. The van der Waals surface area contributed by atoms with Crippen LogP contribution in [0.3, 0.4) is 0 Å². The van der Waals surface area contributed by atoms with E-state index in [-0.39, 0.29) is 11.9 Å². The Hall–Kier alpha value is -2.08. The Labute approximate surface area is 158 Å². The summed E-state index contributed by atoms with van der Waals surface area (Å²) < 4.78 is 11.2. The van der Waals surface area contributed by atoms with E-state index < -0.39 is 0 Å². The zero-order valence-electron chi connectivity index (χ0n) is 15.6. The highest BCUT2D eigenvalue weighted by Crippen LogP contribution is 2.30. The fraction of sp³-hybridized carbons (Fsp3) is 0.500. The summed E-state index contributed by atoms with van der Waals surface area (Å²) in [5, 5.41) is 6.17. The molecule has 1 amide bonds. The number of thiazole rings is 1. The van der Waals surface area contributed by atoms with Crippen molar-refractivity contribution < 1.29 is 14.3 Å². The van der Waals surface area contributed by atoms with Crippen molar-refractivity contribution in [1.29, 1.82) is 0 Å². The third kappa shape index (κ3) is 4.55. The molecule has 1 aliphatic rings. The molecule has 2 aromatic rings. The molecule has 0 saturated heterocycles. The largest absolute Gasteiger partial charge is 0.493 e. The van der Waals surface area contributed by atoms with Crippen LogP contribution in [0.15, 0.2) is 23.6 Å². The smallest absolute Gasteiger partial charge is 0.251 e. The lowest BCUT2D eigenvalue weighted by molar-refractivity contribution is 0.0910. The second-order valence-corrected chi connectivity index (χ2v) is 7.92. The molecule has 2 atom stereocenters. The maximum atomic E-state index is 12.6. The van der Waals surface area contributed by atoms with Gasteiger partial charge in [0.1, 0.15) is 6.61 Å². The fourth-order valence-electron chi connectivity index (χ4n) is 3.34. The van der Waals surface area contributed by atoms with Crippen molar-refractivity contribution in [3.05, 3.63) is 39.8 Å². The number of hydrogen-bond donors (Lipinski definition) is 1. The third-order valence-electron chi connectivity index (χ3n) is 4.90. The summed E-state index contributed by atoms with van der Waals surface area (Å²) in [5.74, 6) is 1.64. The van der Waals surface area contributed by atoms with E-state index in [1.165, 1.54) is 19.3 Å². The number of carbonyl (C=O) groups is 1. The predicted molar refractivity (Wildman–Crippen MR) is 103 cm³/mol. The number of benzene rings is 1. The van der Waals surface area contributed by atoms with Crippen LogP contribution in [0.2, 0.25) is 0 Å². The molecule has 140 valence electrons. The van der Waals surface area contributed by atoms with E-state index in [0.717, 1.165) is 17.1 Å². The standard InChI is InChI=1S/C20H26N2O3S/c1-13-6-4-5-7-17(13)22-20(23)15-8-9-18(19(10-15)24-3)25-11-16-12-26-14(2)21-16/h8-10,12-13,17H,4-7,11H2,1-3H3,(H,22,23)/t13-,17+/m0/s1. The van der Waals surface area contributed by atoms with Crippen molar-refractivity contribution in [2.45, 2.75) is 52.2 Å². The summed E-state index contributed by atoms with van der Waals surface area (Å²) in [5.41, 5.74) is 1.49. The van der Waals surface area contributed by atoms with Gasteiger partial charge in [-0.25, -0.2) is 4.98 Å². The molecule has 1 fully saturated rings. The normalized spacial score (nSPS) is 19.8. The van der Waals surface area contributed by atoms with Crippen LogP contribution in [0.4, 0.5) is 0 Å². The van der Waals surface area contributed by atoms with E-state index >= 15 is 0 Å². The van der Waals surface area contributed by atoms with E-state index in [0.29, 0.717) is 29.6 Å². The molecule has 0 unspecified atom stereocenters. The Morgan fingerprint density at radius 2 is 2.12 bits per heavy atom. The van der Waals surface area contributed by atoms with E-state index in [4.69, 9.17) is 9.47 Å². The van der Waals surface area contributed by atoms with Gasteiger partial charge in [-0.3, -0.25) is 4.79 Å².